The van der Waals surface area contributed by atoms with Gasteiger partial charge < -0.3 is 25.6 Å². The lowest BCUT2D eigenvalue weighted by Crippen LogP contribution is -2.49. The van der Waals surface area contributed by atoms with E-state index < -0.39 is 5.85 Å². The van der Waals surface area contributed by atoms with E-state index in [-0.39, 0.29) is 17.7 Å². The summed E-state index contributed by atoms with van der Waals surface area (Å²) >= 11 is 0. The van der Waals surface area contributed by atoms with Crippen LogP contribution in [0.2, 0.25) is 0 Å². The molecule has 2 aromatic rings. The molecule has 0 bridgehead atoms. The highest BCUT2D eigenvalue weighted by Gasteiger charge is 2.34. The zero-order valence-corrected chi connectivity index (χ0v) is 18.4. The van der Waals surface area contributed by atoms with Crippen molar-refractivity contribution in [2.24, 2.45) is 5.92 Å². The van der Waals surface area contributed by atoms with Crippen molar-refractivity contribution in [1.82, 2.24) is 15.6 Å². The van der Waals surface area contributed by atoms with Crippen LogP contribution in [-0.4, -0.2) is 43.4 Å². The molecule has 3 heterocycles. The van der Waals surface area contributed by atoms with E-state index in [1.54, 1.807) is 18.3 Å². The van der Waals surface area contributed by atoms with Gasteiger partial charge in [-0.2, -0.15) is 8.78 Å². The number of pyridine rings is 1. The zero-order chi connectivity index (χ0) is 22.0. The molecule has 0 saturated carbocycles. The monoisotopic (exact) mass is 449 g/mol. The van der Waals surface area contributed by atoms with Crippen LogP contribution in [0.4, 0.5) is 26.0 Å². The Morgan fingerprint density at radius 3 is 2.58 bits per heavy atom. The molecule has 166 valence electrons. The quantitative estimate of drug-likeness (QED) is 0.537. The molecule has 2 unspecified atom stereocenters. The van der Waals surface area contributed by atoms with Crippen molar-refractivity contribution in [3.8, 4) is 5.75 Å². The van der Waals surface area contributed by atoms with E-state index >= 15 is 0 Å². The summed E-state index contributed by atoms with van der Waals surface area (Å²) in [4.78, 5) is 18.9. The Balaban J connectivity index is 1.67. The predicted molar refractivity (Wildman–Crippen MR) is 119 cm³/mol. The summed E-state index contributed by atoms with van der Waals surface area (Å²) in [5, 5.41) is 10.00. The van der Waals surface area contributed by atoms with Crippen LogP contribution in [0, 0.1) is 5.92 Å². The Bertz CT molecular complexity index is 934. The second-order valence-corrected chi connectivity index (χ2v) is 8.41. The lowest BCUT2D eigenvalue weighted by Gasteiger charge is -2.37. The van der Waals surface area contributed by atoms with E-state index in [2.05, 4.69) is 25.7 Å². The van der Waals surface area contributed by atoms with Crippen LogP contribution in [0.25, 0.3) is 0 Å². The van der Waals surface area contributed by atoms with Gasteiger partial charge in [0.05, 0.1) is 5.69 Å². The largest absolute Gasteiger partial charge is 0.430 e. The van der Waals surface area contributed by atoms with Crippen LogP contribution in [-0.2, 0) is 4.79 Å². The van der Waals surface area contributed by atoms with Crippen LogP contribution < -0.4 is 25.6 Å². The first-order valence-corrected chi connectivity index (χ1v) is 10.8. The lowest BCUT2D eigenvalue weighted by molar-refractivity contribution is -0.117. The van der Waals surface area contributed by atoms with Gasteiger partial charge in [0.25, 0.3) is 0 Å². The molecule has 1 aromatic heterocycles. The van der Waals surface area contributed by atoms with Crippen LogP contribution in [0.5, 0.6) is 5.75 Å². The molecule has 10 heteroatoms. The normalized spacial score (nSPS) is 18.1. The molecule has 1 amide bonds. The molecule has 4 rings (SSSR count). The highest BCUT2D eigenvalue weighted by molar-refractivity contribution is 7.17. The number of anilines is 3. The third kappa shape index (κ3) is 4.95. The van der Waals surface area contributed by atoms with Gasteiger partial charge in [-0.3, -0.25) is 4.79 Å². The van der Waals surface area contributed by atoms with Crippen molar-refractivity contribution in [3.63, 3.8) is 0 Å². The number of ether oxygens (including phenoxy) is 1. The summed E-state index contributed by atoms with van der Waals surface area (Å²) in [5.74, 6) is -2.15. The fourth-order valence-corrected chi connectivity index (χ4v) is 4.21. The molecule has 7 nitrogen and oxygen atoms in total. The molecule has 2 aliphatic heterocycles. The van der Waals surface area contributed by atoms with Crippen molar-refractivity contribution >= 4 is 32.3 Å². The van der Waals surface area contributed by atoms with Crippen molar-refractivity contribution in [2.45, 2.75) is 24.7 Å². The maximum atomic E-state index is 13.0. The van der Waals surface area contributed by atoms with Gasteiger partial charge in [-0.1, -0.05) is 0 Å². The molecule has 2 fully saturated rings. The number of nitrogens with zero attached hydrogens (tertiary/aromatic N) is 2. The number of carbonyl (C=O) groups excluding carboxylic acids is 1. The highest BCUT2D eigenvalue weighted by atomic mass is 31.0. The first-order chi connectivity index (χ1) is 14.9. The molecular weight excluding hydrogens is 423 g/mol. The van der Waals surface area contributed by atoms with Gasteiger partial charge in [-0.15, -0.1) is 0 Å². The SMILES string of the molecule is CNC(c1c(N2CCCC2=O)ccnc1Nc1ccc(OC(F)(F)P)cc1)C1CNC1. The number of nitrogens with one attached hydrogen (secondary N) is 3. The van der Waals surface area contributed by atoms with Gasteiger partial charge in [-0.25, -0.2) is 4.98 Å². The number of amides is 1. The average Bonchev–Trinajstić information content (AvgIpc) is 3.11. The van der Waals surface area contributed by atoms with E-state index in [4.69, 9.17) is 0 Å². The van der Waals surface area contributed by atoms with Crippen LogP contribution in [0.15, 0.2) is 36.5 Å². The first-order valence-electron chi connectivity index (χ1n) is 10.3. The summed E-state index contributed by atoms with van der Waals surface area (Å²) < 4.78 is 30.7. The molecule has 3 N–H and O–H groups in total. The summed E-state index contributed by atoms with van der Waals surface area (Å²) in [6.07, 6.45) is 3.06. The van der Waals surface area contributed by atoms with E-state index in [1.165, 1.54) is 21.4 Å². The number of aromatic nitrogens is 1. The van der Waals surface area contributed by atoms with Crippen LogP contribution >= 0.6 is 9.24 Å². The van der Waals surface area contributed by atoms with E-state index in [0.29, 0.717) is 30.4 Å². The van der Waals surface area contributed by atoms with Gasteiger partial charge in [0, 0.05) is 55.5 Å². The van der Waals surface area contributed by atoms with Crippen LogP contribution in [0.3, 0.4) is 0 Å². The minimum absolute atomic E-state index is 0.000681. The third-order valence-corrected chi connectivity index (χ3v) is 5.73. The number of benzene rings is 1. The van der Waals surface area contributed by atoms with Crippen molar-refractivity contribution in [3.05, 3.63) is 42.1 Å². The van der Waals surface area contributed by atoms with E-state index in [9.17, 15) is 13.6 Å². The number of alkyl halides is 2. The molecule has 2 aliphatic rings. The van der Waals surface area contributed by atoms with Gasteiger partial charge in [0.1, 0.15) is 11.6 Å². The Labute approximate surface area is 182 Å². The fourth-order valence-electron chi connectivity index (χ4n) is 4.07. The Hall–Kier alpha value is -2.35. The Morgan fingerprint density at radius 1 is 1.29 bits per heavy atom. The molecule has 0 aliphatic carbocycles. The average molecular weight is 449 g/mol. The standard InChI is InChI=1S/C21H26F2N5O2P/c1-24-19(13-11-25-12-13)18-16(28-10-2-3-17(28)29)8-9-26-20(18)27-14-4-6-15(7-5-14)30-21(22,23)31/h4-9,13,19,24-25H,2-3,10-12,31H2,1H3,(H,26,27). The molecule has 2 saturated heterocycles. The minimum Gasteiger partial charge on any atom is -0.430 e. The predicted octanol–water partition coefficient (Wildman–Crippen LogP) is 3.24. The third-order valence-electron chi connectivity index (χ3n) is 5.61. The number of halogens is 2. The van der Waals surface area contributed by atoms with E-state index in [0.717, 1.165) is 30.8 Å². The smallest absolute Gasteiger partial charge is 0.408 e. The second kappa shape index (κ2) is 9.02. The summed E-state index contributed by atoms with van der Waals surface area (Å²) in [5.41, 5.74) is 2.47. The molecule has 2 atom stereocenters. The number of rotatable bonds is 8. The van der Waals surface area contributed by atoms with Gasteiger partial charge in [-0.05, 0) is 53.0 Å². The summed E-state index contributed by atoms with van der Waals surface area (Å²) in [6, 6.07) is 8.14. The maximum Gasteiger partial charge on any atom is 0.408 e. The second-order valence-electron chi connectivity index (χ2n) is 7.74. The summed E-state index contributed by atoms with van der Waals surface area (Å²) in [6.45, 7) is 2.44. The van der Waals surface area contributed by atoms with Gasteiger partial charge >= 0.3 is 5.85 Å². The van der Waals surface area contributed by atoms with E-state index in [1.807, 2.05) is 18.0 Å². The Morgan fingerprint density at radius 2 is 2.03 bits per heavy atom. The molecule has 1 aromatic carbocycles. The van der Waals surface area contributed by atoms with Crippen molar-refractivity contribution in [1.29, 1.82) is 0 Å². The number of hydrogen-bond acceptors (Lipinski definition) is 6. The zero-order valence-electron chi connectivity index (χ0n) is 17.2. The number of carbonyl (C=O) groups is 1. The van der Waals surface area contributed by atoms with Gasteiger partial charge in [0.15, 0.2) is 0 Å². The molecule has 0 spiro atoms. The molecular formula is C21H26F2N5O2P. The van der Waals surface area contributed by atoms with Crippen LogP contribution in [0.1, 0.15) is 24.4 Å². The first kappa shape index (κ1) is 21.9. The highest BCUT2D eigenvalue weighted by Crippen LogP contribution is 2.39. The number of hydrogen-bond donors (Lipinski definition) is 3. The van der Waals surface area contributed by atoms with Gasteiger partial charge in [0.2, 0.25) is 5.91 Å². The lowest BCUT2D eigenvalue weighted by atomic mass is 9.87. The fraction of sp³-hybridized carbons (Fsp3) is 0.429. The van der Waals surface area contributed by atoms with Crippen molar-refractivity contribution < 1.29 is 18.3 Å². The summed E-state index contributed by atoms with van der Waals surface area (Å²) in [7, 11) is 3.26. The van der Waals surface area contributed by atoms with Crippen molar-refractivity contribution in [2.75, 3.05) is 36.9 Å². The topological polar surface area (TPSA) is 78.5 Å². The molecule has 0 radical (unpaired) electrons. The maximum absolute atomic E-state index is 13.0. The Kier molecular flexibility index (Phi) is 6.36. The molecule has 31 heavy (non-hydrogen) atoms. The minimum atomic E-state index is -3.32.